The zero-order chi connectivity index (χ0) is 14.2. The van der Waals surface area contributed by atoms with E-state index in [1.54, 1.807) is 7.11 Å². The third-order valence-electron chi connectivity index (χ3n) is 4.12. The maximum absolute atomic E-state index is 6.29. The zero-order valence-corrected chi connectivity index (χ0v) is 12.7. The van der Waals surface area contributed by atoms with Crippen LogP contribution >= 0.6 is 0 Å². The number of hydrogen-bond acceptors (Lipinski definition) is 4. The van der Waals surface area contributed by atoms with Gasteiger partial charge in [0.1, 0.15) is 0 Å². The van der Waals surface area contributed by atoms with Crippen LogP contribution in [-0.4, -0.2) is 36.1 Å². The second-order valence-corrected chi connectivity index (χ2v) is 5.89. The Morgan fingerprint density at radius 1 is 1.42 bits per heavy atom. The van der Waals surface area contributed by atoms with Crippen molar-refractivity contribution in [2.45, 2.75) is 39.2 Å². The molecule has 5 nitrogen and oxygen atoms in total. The van der Waals surface area contributed by atoms with Crippen molar-refractivity contribution in [3.63, 3.8) is 0 Å². The summed E-state index contributed by atoms with van der Waals surface area (Å²) < 4.78 is 7.49. The van der Waals surface area contributed by atoms with Crippen molar-refractivity contribution in [1.82, 2.24) is 9.78 Å². The highest BCUT2D eigenvalue weighted by Gasteiger charge is 2.29. The van der Waals surface area contributed by atoms with E-state index in [0.717, 1.165) is 36.7 Å². The molecule has 1 aromatic rings. The molecule has 0 amide bonds. The van der Waals surface area contributed by atoms with Crippen LogP contribution in [0.1, 0.15) is 38.8 Å². The number of piperidine rings is 1. The van der Waals surface area contributed by atoms with Gasteiger partial charge in [-0.2, -0.15) is 5.10 Å². The van der Waals surface area contributed by atoms with Crippen molar-refractivity contribution in [2.75, 3.05) is 30.8 Å². The number of nitrogen functional groups attached to an aromatic ring is 1. The molecule has 0 aromatic carbocycles. The highest BCUT2D eigenvalue weighted by atomic mass is 16.5. The highest BCUT2D eigenvalue weighted by Crippen LogP contribution is 2.33. The van der Waals surface area contributed by atoms with Crippen molar-refractivity contribution in [3.8, 4) is 0 Å². The molecule has 0 bridgehead atoms. The van der Waals surface area contributed by atoms with Gasteiger partial charge in [-0.15, -0.1) is 0 Å². The minimum Gasteiger partial charge on any atom is -0.394 e. The fraction of sp³-hybridized carbons (Fsp3) is 0.786. The van der Waals surface area contributed by atoms with E-state index in [4.69, 9.17) is 10.5 Å². The van der Waals surface area contributed by atoms with Crippen LogP contribution < -0.4 is 10.6 Å². The smallest absolute Gasteiger partial charge is 0.150 e. The summed E-state index contributed by atoms with van der Waals surface area (Å²) in [6, 6.07) is 0. The predicted molar refractivity (Wildman–Crippen MR) is 78.5 cm³/mol. The molecular weight excluding hydrogens is 240 g/mol. The van der Waals surface area contributed by atoms with E-state index in [1.807, 2.05) is 11.7 Å². The summed E-state index contributed by atoms with van der Waals surface area (Å²) in [6.45, 7) is 8.40. The van der Waals surface area contributed by atoms with Gasteiger partial charge in [0, 0.05) is 27.2 Å². The van der Waals surface area contributed by atoms with Crippen molar-refractivity contribution >= 4 is 11.5 Å². The van der Waals surface area contributed by atoms with E-state index in [2.05, 4.69) is 30.8 Å². The van der Waals surface area contributed by atoms with Gasteiger partial charge in [0.2, 0.25) is 0 Å². The Morgan fingerprint density at radius 3 is 2.63 bits per heavy atom. The molecule has 1 aliphatic rings. The monoisotopic (exact) mass is 266 g/mol. The van der Waals surface area contributed by atoms with Crippen LogP contribution in [0.25, 0.3) is 0 Å². The number of nitrogens with zero attached hydrogens (tertiary/aromatic N) is 3. The van der Waals surface area contributed by atoms with Gasteiger partial charge in [0.15, 0.2) is 5.82 Å². The minimum atomic E-state index is 0.269. The van der Waals surface area contributed by atoms with Gasteiger partial charge in [-0.25, -0.2) is 0 Å². The largest absolute Gasteiger partial charge is 0.394 e. The van der Waals surface area contributed by atoms with Gasteiger partial charge < -0.3 is 15.4 Å². The van der Waals surface area contributed by atoms with E-state index in [1.165, 1.54) is 0 Å². The molecule has 0 spiro atoms. The van der Waals surface area contributed by atoms with Gasteiger partial charge in [-0.3, -0.25) is 4.68 Å². The van der Waals surface area contributed by atoms with Crippen molar-refractivity contribution < 1.29 is 4.74 Å². The second kappa shape index (κ2) is 5.41. The Kier molecular flexibility index (Phi) is 4.04. The average molecular weight is 266 g/mol. The van der Waals surface area contributed by atoms with Crippen LogP contribution in [0.3, 0.4) is 0 Å². The first-order valence-electron chi connectivity index (χ1n) is 7.05. The number of aryl methyl sites for hydroxylation is 1. The van der Waals surface area contributed by atoms with Crippen LogP contribution in [0.15, 0.2) is 0 Å². The Hall–Kier alpha value is -1.23. The third kappa shape index (κ3) is 2.56. The van der Waals surface area contributed by atoms with Crippen LogP contribution in [0.4, 0.5) is 11.5 Å². The number of nitrogens with two attached hydrogens (primary N) is 1. The van der Waals surface area contributed by atoms with Crippen LogP contribution in [0, 0.1) is 5.92 Å². The lowest BCUT2D eigenvalue weighted by atomic mass is 9.95. The first-order valence-corrected chi connectivity index (χ1v) is 7.05. The molecule has 0 radical (unpaired) electrons. The summed E-state index contributed by atoms with van der Waals surface area (Å²) in [7, 11) is 3.76. The Morgan fingerprint density at radius 2 is 2.11 bits per heavy atom. The number of aromatic nitrogens is 2. The maximum Gasteiger partial charge on any atom is 0.150 e. The average Bonchev–Trinajstić information content (AvgIpc) is 2.66. The Labute approximate surface area is 115 Å². The van der Waals surface area contributed by atoms with E-state index < -0.39 is 0 Å². The lowest BCUT2D eigenvalue weighted by Gasteiger charge is -2.37. The Balaban J connectivity index is 2.27. The van der Waals surface area contributed by atoms with E-state index in [-0.39, 0.29) is 6.10 Å². The van der Waals surface area contributed by atoms with Crippen LogP contribution in [0.2, 0.25) is 0 Å². The molecule has 5 heteroatoms. The van der Waals surface area contributed by atoms with Gasteiger partial charge in [-0.1, -0.05) is 20.8 Å². The van der Waals surface area contributed by atoms with Gasteiger partial charge >= 0.3 is 0 Å². The number of rotatable bonds is 3. The normalized spacial score (nSPS) is 24.2. The maximum atomic E-state index is 6.29. The van der Waals surface area contributed by atoms with E-state index >= 15 is 0 Å². The van der Waals surface area contributed by atoms with Crippen molar-refractivity contribution in [1.29, 1.82) is 0 Å². The van der Waals surface area contributed by atoms with Gasteiger partial charge in [0.25, 0.3) is 0 Å². The van der Waals surface area contributed by atoms with Gasteiger partial charge in [-0.05, 0) is 18.3 Å². The molecule has 1 aromatic heterocycles. The molecule has 2 unspecified atom stereocenters. The van der Waals surface area contributed by atoms with Crippen LogP contribution in [-0.2, 0) is 11.8 Å². The Bertz CT molecular complexity index is 441. The van der Waals surface area contributed by atoms with Crippen molar-refractivity contribution in [3.05, 3.63) is 5.69 Å². The third-order valence-corrected chi connectivity index (χ3v) is 4.12. The molecule has 1 aliphatic heterocycles. The molecule has 108 valence electrons. The molecule has 1 fully saturated rings. The fourth-order valence-electron chi connectivity index (χ4n) is 2.89. The van der Waals surface area contributed by atoms with Crippen LogP contribution in [0.5, 0.6) is 0 Å². The first kappa shape index (κ1) is 14.2. The molecule has 2 rings (SSSR count). The molecule has 1 saturated heterocycles. The molecule has 2 N–H and O–H groups in total. The number of ether oxygens (including phenoxy) is 1. The quantitative estimate of drug-likeness (QED) is 0.909. The van der Waals surface area contributed by atoms with E-state index in [9.17, 15) is 0 Å². The lowest BCUT2D eigenvalue weighted by Crippen LogP contribution is -2.44. The summed E-state index contributed by atoms with van der Waals surface area (Å²) in [4.78, 5) is 2.31. The topological polar surface area (TPSA) is 56.3 Å². The summed E-state index contributed by atoms with van der Waals surface area (Å²) in [5.41, 5.74) is 8.10. The fourth-order valence-corrected chi connectivity index (χ4v) is 2.89. The summed E-state index contributed by atoms with van der Waals surface area (Å²) in [5.74, 6) is 1.99. The second-order valence-electron chi connectivity index (χ2n) is 5.89. The summed E-state index contributed by atoms with van der Waals surface area (Å²) in [6.07, 6.45) is 1.39. The number of anilines is 2. The molecule has 0 saturated carbocycles. The molecule has 19 heavy (non-hydrogen) atoms. The zero-order valence-electron chi connectivity index (χ0n) is 12.7. The number of hydrogen-bond donors (Lipinski definition) is 1. The summed E-state index contributed by atoms with van der Waals surface area (Å²) >= 11 is 0. The van der Waals surface area contributed by atoms with Crippen molar-refractivity contribution in [2.24, 2.45) is 13.0 Å². The summed E-state index contributed by atoms with van der Waals surface area (Å²) in [5, 5.41) is 4.56. The predicted octanol–water partition coefficient (Wildman–Crippen LogP) is 1.99. The molecule has 0 aliphatic carbocycles. The SMILES string of the molecule is COC1CN(c2c(N)c(C(C)C)nn2C)CCC1C. The van der Waals surface area contributed by atoms with E-state index in [0.29, 0.717) is 11.8 Å². The molecular formula is C14H26N4O. The minimum absolute atomic E-state index is 0.269. The standard InChI is InChI=1S/C14H26N4O/c1-9(2)13-12(15)14(17(4)16-13)18-7-6-10(3)11(8-18)19-5/h9-11H,6-8,15H2,1-5H3. The van der Waals surface area contributed by atoms with Gasteiger partial charge in [0.05, 0.1) is 17.5 Å². The lowest BCUT2D eigenvalue weighted by molar-refractivity contribution is 0.0495. The number of methoxy groups -OCH3 is 1. The molecule has 2 atom stereocenters. The molecule has 2 heterocycles. The highest BCUT2D eigenvalue weighted by molar-refractivity contribution is 5.67. The first-order chi connectivity index (χ1) is 8.95.